The van der Waals surface area contributed by atoms with Crippen LogP contribution in [0.15, 0.2) is 52.4 Å². The highest BCUT2D eigenvalue weighted by Gasteiger charge is 2.20. The zero-order valence-electron chi connectivity index (χ0n) is 17.5. The summed E-state index contributed by atoms with van der Waals surface area (Å²) >= 11 is 1.21. The Morgan fingerprint density at radius 1 is 1.25 bits per heavy atom. The lowest BCUT2D eigenvalue weighted by molar-refractivity contribution is -0.118. The number of aryl methyl sites for hydroxylation is 1. The number of amides is 1. The second kappa shape index (κ2) is 9.11. The summed E-state index contributed by atoms with van der Waals surface area (Å²) in [5, 5.41) is 20.8. The van der Waals surface area contributed by atoms with E-state index in [9.17, 15) is 9.59 Å². The summed E-state index contributed by atoms with van der Waals surface area (Å²) in [7, 11) is 1.55. The van der Waals surface area contributed by atoms with Crippen LogP contribution in [-0.2, 0) is 4.79 Å². The third-order valence-electron chi connectivity index (χ3n) is 4.86. The molecular weight excluding hydrogens is 428 g/mol. The Labute approximate surface area is 187 Å². The smallest absolute Gasteiger partial charge is 0.267 e. The van der Waals surface area contributed by atoms with E-state index in [0.29, 0.717) is 39.8 Å². The zero-order valence-corrected chi connectivity index (χ0v) is 18.3. The number of carbonyl (C=O) groups excluding carboxylic acids is 1. The first-order valence-corrected chi connectivity index (χ1v) is 10.8. The van der Waals surface area contributed by atoms with Gasteiger partial charge in [0, 0.05) is 6.54 Å². The van der Waals surface area contributed by atoms with E-state index in [0.717, 1.165) is 5.56 Å². The molecule has 0 aliphatic heterocycles. The maximum absolute atomic E-state index is 13.5. The zero-order chi connectivity index (χ0) is 22.7. The minimum absolute atomic E-state index is 0.105. The molecule has 0 saturated heterocycles. The molecule has 2 aromatic carbocycles. The highest BCUT2D eigenvalue weighted by atomic mass is 32.2. The minimum atomic E-state index is -0.241. The Morgan fingerprint density at radius 3 is 2.84 bits per heavy atom. The molecule has 0 aliphatic rings. The molecule has 0 unspecified atom stereocenters. The van der Waals surface area contributed by atoms with Crippen molar-refractivity contribution in [3.8, 4) is 17.5 Å². The minimum Gasteiger partial charge on any atom is -0.495 e. The van der Waals surface area contributed by atoms with Gasteiger partial charge in [-0.1, -0.05) is 30.0 Å². The van der Waals surface area contributed by atoms with Gasteiger partial charge in [-0.15, -0.1) is 10.2 Å². The number of hydrogen-bond donors (Lipinski definition) is 1. The summed E-state index contributed by atoms with van der Waals surface area (Å²) in [6.07, 6.45) is 0.250. The third kappa shape index (κ3) is 3.90. The van der Waals surface area contributed by atoms with Gasteiger partial charge in [-0.05, 0) is 36.8 Å². The number of aromatic nitrogens is 4. The molecule has 2 heterocycles. The lowest BCUT2D eigenvalue weighted by atomic mass is 10.2. The van der Waals surface area contributed by atoms with Crippen molar-refractivity contribution in [2.24, 2.45) is 0 Å². The van der Waals surface area contributed by atoms with Crippen LogP contribution in [0.3, 0.4) is 0 Å². The summed E-state index contributed by atoms with van der Waals surface area (Å²) in [5.74, 6) is 0.752. The van der Waals surface area contributed by atoms with Crippen LogP contribution in [-0.4, -0.2) is 44.5 Å². The van der Waals surface area contributed by atoms with Crippen LogP contribution in [0, 0.1) is 18.3 Å². The van der Waals surface area contributed by atoms with Crippen molar-refractivity contribution in [1.82, 2.24) is 24.5 Å². The molecule has 1 amide bonds. The van der Waals surface area contributed by atoms with E-state index >= 15 is 0 Å². The molecule has 0 fully saturated rings. The molecule has 0 spiro atoms. The Bertz CT molecular complexity index is 1420. The van der Waals surface area contributed by atoms with Gasteiger partial charge in [-0.3, -0.25) is 14.0 Å². The lowest BCUT2D eigenvalue weighted by Gasteiger charge is -2.14. The molecule has 162 valence electrons. The van der Waals surface area contributed by atoms with Crippen molar-refractivity contribution < 1.29 is 9.53 Å². The lowest BCUT2D eigenvalue weighted by Crippen LogP contribution is -2.26. The van der Waals surface area contributed by atoms with Crippen LogP contribution < -0.4 is 15.6 Å². The summed E-state index contributed by atoms with van der Waals surface area (Å²) in [4.78, 5) is 25.6. The highest BCUT2D eigenvalue weighted by Crippen LogP contribution is 2.27. The summed E-state index contributed by atoms with van der Waals surface area (Å²) in [5.41, 5.74) is 1.93. The third-order valence-corrected chi connectivity index (χ3v) is 5.79. The van der Waals surface area contributed by atoms with Crippen molar-refractivity contribution in [2.45, 2.75) is 18.5 Å². The van der Waals surface area contributed by atoms with Crippen LogP contribution in [0.2, 0.25) is 0 Å². The molecule has 1 N–H and O–H groups in total. The molecule has 0 aliphatic carbocycles. The van der Waals surface area contributed by atoms with Crippen molar-refractivity contribution in [1.29, 1.82) is 5.26 Å². The number of carbonyl (C=O) groups is 1. The van der Waals surface area contributed by atoms with Crippen molar-refractivity contribution >= 4 is 34.3 Å². The number of nitriles is 1. The Hall–Kier alpha value is -3.84. The number of ether oxygens (including phenoxy) is 1. The molecule has 2 aromatic heterocycles. The number of rotatable bonds is 7. The first kappa shape index (κ1) is 21.4. The summed E-state index contributed by atoms with van der Waals surface area (Å²) in [6.45, 7) is 2.23. The van der Waals surface area contributed by atoms with Crippen molar-refractivity contribution in [3.05, 3.63) is 58.4 Å². The predicted octanol–water partition coefficient (Wildman–Crippen LogP) is 2.47. The topological polar surface area (TPSA) is 114 Å². The second-order valence-corrected chi connectivity index (χ2v) is 7.94. The normalized spacial score (nSPS) is 10.9. The number of para-hydroxylation sites is 1. The molecule has 0 bridgehead atoms. The number of fused-ring (bicyclic) bond motifs is 3. The number of nitrogens with zero attached hydrogens (tertiary/aromatic N) is 5. The maximum Gasteiger partial charge on any atom is 0.267 e. The number of hydrogen-bond acceptors (Lipinski definition) is 7. The maximum atomic E-state index is 13.5. The standard InChI is InChI=1S/C22H20N6O3S/c1-14-8-9-18(31-2)17(12-14)27-20(30)15-6-3-4-7-16(15)28-21(27)25-26-22(28)32-13-19(29)24-11-5-10-23/h3-4,6-9,12H,5,11,13H2,1-2H3,(H,24,29). The average Bonchev–Trinajstić information content (AvgIpc) is 3.22. The van der Waals surface area contributed by atoms with E-state index in [1.54, 1.807) is 29.7 Å². The van der Waals surface area contributed by atoms with Crippen LogP contribution in [0.5, 0.6) is 5.75 Å². The van der Waals surface area contributed by atoms with Gasteiger partial charge < -0.3 is 10.1 Å². The molecule has 4 rings (SSSR count). The monoisotopic (exact) mass is 448 g/mol. The Balaban J connectivity index is 1.87. The quantitative estimate of drug-likeness (QED) is 0.341. The van der Waals surface area contributed by atoms with Gasteiger partial charge in [0.1, 0.15) is 5.75 Å². The van der Waals surface area contributed by atoms with E-state index in [1.807, 2.05) is 37.3 Å². The number of methoxy groups -OCH3 is 1. The predicted molar refractivity (Wildman–Crippen MR) is 121 cm³/mol. The van der Waals surface area contributed by atoms with Gasteiger partial charge in [0.25, 0.3) is 5.56 Å². The highest BCUT2D eigenvalue weighted by molar-refractivity contribution is 7.99. The number of thioether (sulfide) groups is 1. The van der Waals surface area contributed by atoms with Crippen LogP contribution in [0.1, 0.15) is 12.0 Å². The summed E-state index contributed by atoms with van der Waals surface area (Å²) < 4.78 is 8.76. The van der Waals surface area contributed by atoms with Gasteiger partial charge in [0.05, 0.1) is 41.9 Å². The van der Waals surface area contributed by atoms with Crippen LogP contribution in [0.4, 0.5) is 0 Å². The summed E-state index contributed by atoms with van der Waals surface area (Å²) in [6, 6.07) is 14.8. The van der Waals surface area contributed by atoms with Gasteiger partial charge in [-0.25, -0.2) is 4.57 Å². The van der Waals surface area contributed by atoms with Gasteiger partial charge >= 0.3 is 0 Å². The first-order chi connectivity index (χ1) is 15.5. The van der Waals surface area contributed by atoms with E-state index in [2.05, 4.69) is 15.5 Å². The molecule has 9 nitrogen and oxygen atoms in total. The molecule has 32 heavy (non-hydrogen) atoms. The van der Waals surface area contributed by atoms with Gasteiger partial charge in [0.15, 0.2) is 5.16 Å². The fourth-order valence-corrected chi connectivity index (χ4v) is 4.17. The molecule has 0 radical (unpaired) electrons. The fourth-order valence-electron chi connectivity index (χ4n) is 3.40. The van der Waals surface area contributed by atoms with Crippen molar-refractivity contribution in [3.63, 3.8) is 0 Å². The Kier molecular flexibility index (Phi) is 6.09. The van der Waals surface area contributed by atoms with E-state index in [1.165, 1.54) is 16.3 Å². The largest absolute Gasteiger partial charge is 0.495 e. The SMILES string of the molecule is COc1ccc(C)cc1-n1c(=O)c2ccccc2n2c(SCC(=O)NCCC#N)nnc12. The number of benzene rings is 2. The van der Waals surface area contributed by atoms with E-state index in [-0.39, 0.29) is 23.6 Å². The van der Waals surface area contributed by atoms with Crippen LogP contribution >= 0.6 is 11.8 Å². The van der Waals surface area contributed by atoms with Crippen LogP contribution in [0.25, 0.3) is 22.4 Å². The van der Waals surface area contributed by atoms with Gasteiger partial charge in [0.2, 0.25) is 11.7 Å². The first-order valence-electron chi connectivity index (χ1n) is 9.85. The molecule has 4 aromatic rings. The molecular formula is C22H20N6O3S. The van der Waals surface area contributed by atoms with Crippen molar-refractivity contribution in [2.75, 3.05) is 19.4 Å². The number of nitrogens with one attached hydrogen (secondary N) is 1. The van der Waals surface area contributed by atoms with Gasteiger partial charge in [-0.2, -0.15) is 5.26 Å². The van der Waals surface area contributed by atoms with E-state index in [4.69, 9.17) is 10.00 Å². The molecule has 10 heteroatoms. The average molecular weight is 449 g/mol. The molecule has 0 atom stereocenters. The second-order valence-electron chi connectivity index (χ2n) is 7.00. The Morgan fingerprint density at radius 2 is 2.06 bits per heavy atom. The fraction of sp³-hybridized carbons (Fsp3) is 0.227. The molecule has 0 saturated carbocycles. The van der Waals surface area contributed by atoms with E-state index < -0.39 is 0 Å².